The number of tetrazole rings is 1. The SMILES string of the molecule is Cc1nnn(C2CC2)n1. The lowest BCUT2D eigenvalue weighted by atomic mass is 10.7. The molecule has 4 heteroatoms. The Kier molecular flexibility index (Phi) is 0.831. The van der Waals surface area contributed by atoms with Gasteiger partial charge in [0.05, 0.1) is 6.04 Å². The van der Waals surface area contributed by atoms with Gasteiger partial charge in [-0.2, -0.15) is 4.80 Å². The molecule has 1 aliphatic carbocycles. The third-order valence-electron chi connectivity index (χ3n) is 1.40. The second-order valence-electron chi connectivity index (χ2n) is 2.39. The van der Waals surface area contributed by atoms with Crippen LogP contribution in [-0.2, 0) is 0 Å². The molecule has 48 valence electrons. The monoisotopic (exact) mass is 124 g/mol. The second kappa shape index (κ2) is 1.52. The standard InChI is InChI=1S/C5H8N4/c1-4-6-8-9(7-4)5-2-3-5/h5H,2-3H2,1H3. The zero-order valence-electron chi connectivity index (χ0n) is 5.28. The molecule has 0 bridgehead atoms. The third-order valence-corrected chi connectivity index (χ3v) is 1.40. The van der Waals surface area contributed by atoms with Crippen molar-refractivity contribution in [2.24, 2.45) is 0 Å². The lowest BCUT2D eigenvalue weighted by Gasteiger charge is -1.86. The molecule has 0 saturated heterocycles. The Morgan fingerprint density at radius 1 is 1.56 bits per heavy atom. The van der Waals surface area contributed by atoms with Crippen molar-refractivity contribution in [3.8, 4) is 0 Å². The van der Waals surface area contributed by atoms with Crippen molar-refractivity contribution < 1.29 is 0 Å². The van der Waals surface area contributed by atoms with E-state index >= 15 is 0 Å². The minimum atomic E-state index is 0.561. The van der Waals surface area contributed by atoms with E-state index in [2.05, 4.69) is 15.4 Å². The van der Waals surface area contributed by atoms with Gasteiger partial charge < -0.3 is 0 Å². The molecule has 0 spiro atoms. The summed E-state index contributed by atoms with van der Waals surface area (Å²) in [5.74, 6) is 0.766. The van der Waals surface area contributed by atoms with E-state index in [-0.39, 0.29) is 0 Å². The summed E-state index contributed by atoms with van der Waals surface area (Å²) in [7, 11) is 0. The molecule has 0 amide bonds. The molecule has 0 radical (unpaired) electrons. The topological polar surface area (TPSA) is 43.6 Å². The molecule has 9 heavy (non-hydrogen) atoms. The molecule has 0 aromatic carbocycles. The number of hydrogen-bond acceptors (Lipinski definition) is 3. The number of aromatic nitrogens is 4. The largest absolute Gasteiger partial charge is 0.171 e. The van der Waals surface area contributed by atoms with Gasteiger partial charge in [0.1, 0.15) is 0 Å². The van der Waals surface area contributed by atoms with Crippen molar-refractivity contribution in [1.82, 2.24) is 20.2 Å². The van der Waals surface area contributed by atoms with Gasteiger partial charge in [-0.05, 0) is 25.0 Å². The maximum Gasteiger partial charge on any atom is 0.171 e. The van der Waals surface area contributed by atoms with Gasteiger partial charge in [0, 0.05) is 0 Å². The quantitative estimate of drug-likeness (QED) is 0.541. The van der Waals surface area contributed by atoms with Crippen molar-refractivity contribution in [3.63, 3.8) is 0 Å². The van der Waals surface area contributed by atoms with Gasteiger partial charge in [-0.1, -0.05) is 0 Å². The Morgan fingerprint density at radius 2 is 2.33 bits per heavy atom. The summed E-state index contributed by atoms with van der Waals surface area (Å²) in [5.41, 5.74) is 0. The van der Waals surface area contributed by atoms with Crippen LogP contribution < -0.4 is 0 Å². The maximum atomic E-state index is 4.07. The van der Waals surface area contributed by atoms with E-state index in [1.165, 1.54) is 12.8 Å². The van der Waals surface area contributed by atoms with Gasteiger partial charge in [-0.15, -0.1) is 10.2 Å². The molecule has 1 heterocycles. The smallest absolute Gasteiger partial charge is 0.161 e. The fraction of sp³-hybridized carbons (Fsp3) is 0.800. The van der Waals surface area contributed by atoms with E-state index in [4.69, 9.17) is 0 Å². The van der Waals surface area contributed by atoms with Crippen LogP contribution in [0.2, 0.25) is 0 Å². The van der Waals surface area contributed by atoms with Gasteiger partial charge in [-0.3, -0.25) is 0 Å². The Bertz CT molecular complexity index is 212. The Morgan fingerprint density at radius 3 is 2.78 bits per heavy atom. The first kappa shape index (κ1) is 4.90. The van der Waals surface area contributed by atoms with Crippen LogP contribution in [0.1, 0.15) is 24.7 Å². The number of nitrogens with zero attached hydrogens (tertiary/aromatic N) is 4. The zero-order valence-corrected chi connectivity index (χ0v) is 5.28. The van der Waals surface area contributed by atoms with Gasteiger partial charge >= 0.3 is 0 Å². The molecule has 1 saturated carbocycles. The molecule has 1 aliphatic rings. The second-order valence-corrected chi connectivity index (χ2v) is 2.39. The summed E-state index contributed by atoms with van der Waals surface area (Å²) in [6, 6.07) is 0.561. The van der Waals surface area contributed by atoms with Gasteiger partial charge in [0.25, 0.3) is 0 Å². The van der Waals surface area contributed by atoms with Gasteiger partial charge in [-0.25, -0.2) is 0 Å². The summed E-state index contributed by atoms with van der Waals surface area (Å²) in [6.07, 6.45) is 2.44. The van der Waals surface area contributed by atoms with Crippen LogP contribution in [0, 0.1) is 6.92 Å². The fourth-order valence-corrected chi connectivity index (χ4v) is 0.759. The van der Waals surface area contributed by atoms with Crippen LogP contribution in [-0.4, -0.2) is 20.2 Å². The molecule has 1 aromatic rings. The minimum Gasteiger partial charge on any atom is -0.161 e. The normalized spacial score (nSPS) is 18.3. The molecule has 4 nitrogen and oxygen atoms in total. The average Bonchev–Trinajstić information content (AvgIpc) is 2.58. The minimum absolute atomic E-state index is 0.561. The van der Waals surface area contributed by atoms with E-state index in [9.17, 15) is 0 Å². The van der Waals surface area contributed by atoms with Gasteiger partial charge in [0.2, 0.25) is 0 Å². The van der Waals surface area contributed by atoms with Crippen LogP contribution in [0.4, 0.5) is 0 Å². The van der Waals surface area contributed by atoms with E-state index in [0.29, 0.717) is 6.04 Å². The molecular formula is C5H8N4. The first-order chi connectivity index (χ1) is 4.36. The van der Waals surface area contributed by atoms with Crippen LogP contribution in [0.15, 0.2) is 0 Å². The lowest BCUT2D eigenvalue weighted by Crippen LogP contribution is -1.98. The van der Waals surface area contributed by atoms with Crippen molar-refractivity contribution in [1.29, 1.82) is 0 Å². The molecule has 1 fully saturated rings. The fourth-order valence-electron chi connectivity index (χ4n) is 0.759. The van der Waals surface area contributed by atoms with Crippen molar-refractivity contribution >= 4 is 0 Å². The van der Waals surface area contributed by atoms with Gasteiger partial charge in [0.15, 0.2) is 5.82 Å². The van der Waals surface area contributed by atoms with Crippen molar-refractivity contribution in [3.05, 3.63) is 5.82 Å². The van der Waals surface area contributed by atoms with Crippen LogP contribution in [0.3, 0.4) is 0 Å². The van der Waals surface area contributed by atoms with E-state index in [1.54, 1.807) is 4.80 Å². The van der Waals surface area contributed by atoms with E-state index in [1.807, 2.05) is 6.92 Å². The highest BCUT2D eigenvalue weighted by Crippen LogP contribution is 2.32. The number of rotatable bonds is 1. The maximum absolute atomic E-state index is 4.07. The van der Waals surface area contributed by atoms with Crippen LogP contribution in [0.25, 0.3) is 0 Å². The summed E-state index contributed by atoms with van der Waals surface area (Å²) < 4.78 is 0. The van der Waals surface area contributed by atoms with Crippen LogP contribution in [0.5, 0.6) is 0 Å². The molecule has 2 rings (SSSR count). The summed E-state index contributed by atoms with van der Waals surface area (Å²) in [4.78, 5) is 1.70. The number of hydrogen-bond donors (Lipinski definition) is 0. The highest BCUT2D eigenvalue weighted by molar-refractivity contribution is 4.78. The lowest BCUT2D eigenvalue weighted by molar-refractivity contribution is 0.536. The van der Waals surface area contributed by atoms with E-state index < -0.39 is 0 Å². The first-order valence-corrected chi connectivity index (χ1v) is 3.12. The molecule has 0 atom stereocenters. The molecule has 1 aromatic heterocycles. The predicted octanol–water partition coefficient (Wildman–Crippen LogP) is 0.316. The molecular weight excluding hydrogens is 116 g/mol. The Labute approximate surface area is 52.9 Å². The first-order valence-electron chi connectivity index (χ1n) is 3.12. The zero-order chi connectivity index (χ0) is 6.27. The van der Waals surface area contributed by atoms with Crippen LogP contribution >= 0.6 is 0 Å². The third kappa shape index (κ3) is 0.800. The molecule has 0 aliphatic heterocycles. The Balaban J connectivity index is 2.28. The predicted molar refractivity (Wildman–Crippen MR) is 30.8 cm³/mol. The highest BCUT2D eigenvalue weighted by Gasteiger charge is 2.25. The van der Waals surface area contributed by atoms with E-state index in [0.717, 1.165) is 5.82 Å². The molecule has 0 unspecified atom stereocenters. The van der Waals surface area contributed by atoms with Crippen molar-refractivity contribution in [2.45, 2.75) is 25.8 Å². The summed E-state index contributed by atoms with van der Waals surface area (Å²) in [5, 5.41) is 11.7. The molecule has 0 N–H and O–H groups in total. The number of aryl methyl sites for hydroxylation is 1. The van der Waals surface area contributed by atoms with Crippen molar-refractivity contribution in [2.75, 3.05) is 0 Å². The Hall–Kier alpha value is -0.930. The summed E-state index contributed by atoms with van der Waals surface area (Å²) in [6.45, 7) is 1.85. The average molecular weight is 124 g/mol. The summed E-state index contributed by atoms with van der Waals surface area (Å²) >= 11 is 0. The highest BCUT2D eigenvalue weighted by atomic mass is 15.6.